The summed E-state index contributed by atoms with van der Waals surface area (Å²) in [5, 5.41) is 0. The van der Waals surface area contributed by atoms with Gasteiger partial charge < -0.3 is 5.73 Å². The third-order valence-corrected chi connectivity index (χ3v) is 3.26. The zero-order valence-electron chi connectivity index (χ0n) is 8.48. The van der Waals surface area contributed by atoms with E-state index in [0.717, 1.165) is 12.0 Å². The Bertz CT molecular complexity index is 323. The maximum absolute atomic E-state index is 13.3. The number of halogens is 2. The Morgan fingerprint density at radius 2 is 2.07 bits per heavy atom. The molecule has 0 saturated heterocycles. The van der Waals surface area contributed by atoms with Crippen LogP contribution < -0.4 is 5.73 Å². The fourth-order valence-electron chi connectivity index (χ4n) is 1.52. The number of hydrogen-bond acceptors (Lipinski definition) is 1. The van der Waals surface area contributed by atoms with Gasteiger partial charge in [-0.1, -0.05) is 26.0 Å². The lowest BCUT2D eigenvalue weighted by Crippen LogP contribution is -2.22. The predicted octanol–water partition coefficient (Wildman–Crippen LogP) is 3.21. The van der Waals surface area contributed by atoms with Crippen LogP contribution in [0.15, 0.2) is 22.7 Å². The molecule has 0 fully saturated rings. The molecule has 14 heavy (non-hydrogen) atoms. The van der Waals surface area contributed by atoms with Crippen molar-refractivity contribution in [3.8, 4) is 0 Å². The van der Waals surface area contributed by atoms with E-state index in [-0.39, 0.29) is 11.2 Å². The van der Waals surface area contributed by atoms with Gasteiger partial charge in [0.2, 0.25) is 0 Å². The van der Waals surface area contributed by atoms with Crippen molar-refractivity contribution in [3.05, 3.63) is 34.1 Å². The van der Waals surface area contributed by atoms with Gasteiger partial charge in [-0.05, 0) is 45.9 Å². The van der Waals surface area contributed by atoms with Gasteiger partial charge in [-0.15, -0.1) is 0 Å². The molecule has 0 atom stereocenters. The van der Waals surface area contributed by atoms with Crippen LogP contribution in [0, 0.1) is 5.82 Å². The highest BCUT2D eigenvalue weighted by Gasteiger charge is 2.23. The zero-order valence-corrected chi connectivity index (χ0v) is 10.1. The van der Waals surface area contributed by atoms with Gasteiger partial charge in [0.1, 0.15) is 5.82 Å². The first-order valence-corrected chi connectivity index (χ1v) is 5.43. The Kier molecular flexibility index (Phi) is 3.67. The fraction of sp³-hybridized carbons (Fsp3) is 0.455. The molecule has 0 aliphatic heterocycles. The minimum absolute atomic E-state index is 0.0876. The van der Waals surface area contributed by atoms with Gasteiger partial charge in [-0.3, -0.25) is 0 Å². The number of rotatable bonds is 3. The van der Waals surface area contributed by atoms with Crippen molar-refractivity contribution in [2.45, 2.75) is 25.7 Å². The Labute approximate surface area is 92.6 Å². The van der Waals surface area contributed by atoms with Crippen LogP contribution in [0.25, 0.3) is 0 Å². The van der Waals surface area contributed by atoms with Crippen molar-refractivity contribution in [1.29, 1.82) is 0 Å². The molecule has 78 valence electrons. The normalized spacial score (nSPS) is 11.8. The molecule has 0 unspecified atom stereocenters. The Balaban J connectivity index is 3.12. The number of benzene rings is 1. The summed E-state index contributed by atoms with van der Waals surface area (Å²) >= 11 is 3.27. The molecule has 0 saturated carbocycles. The van der Waals surface area contributed by atoms with E-state index in [1.165, 1.54) is 6.07 Å². The summed E-state index contributed by atoms with van der Waals surface area (Å²) in [7, 11) is 0. The average Bonchev–Trinajstić information content (AvgIpc) is 2.09. The maximum Gasteiger partial charge on any atom is 0.137 e. The topological polar surface area (TPSA) is 26.0 Å². The van der Waals surface area contributed by atoms with Crippen LogP contribution in [0.5, 0.6) is 0 Å². The minimum atomic E-state index is -0.215. The molecule has 2 N–H and O–H groups in total. The van der Waals surface area contributed by atoms with Crippen molar-refractivity contribution in [3.63, 3.8) is 0 Å². The van der Waals surface area contributed by atoms with Crippen LogP contribution in [0.2, 0.25) is 0 Å². The molecule has 1 nitrogen and oxygen atoms in total. The summed E-state index contributed by atoms with van der Waals surface area (Å²) in [5.41, 5.74) is 6.42. The first-order valence-electron chi connectivity index (χ1n) is 4.63. The Hall–Kier alpha value is -0.410. The van der Waals surface area contributed by atoms with Crippen LogP contribution in [0.1, 0.15) is 25.8 Å². The van der Waals surface area contributed by atoms with E-state index < -0.39 is 0 Å². The quantitative estimate of drug-likeness (QED) is 0.887. The molecule has 0 heterocycles. The third-order valence-electron chi connectivity index (χ3n) is 2.45. The van der Waals surface area contributed by atoms with Crippen LogP contribution >= 0.6 is 15.9 Å². The van der Waals surface area contributed by atoms with Gasteiger partial charge in [0.15, 0.2) is 0 Å². The van der Waals surface area contributed by atoms with Gasteiger partial charge in [0, 0.05) is 0 Å². The van der Waals surface area contributed by atoms with Gasteiger partial charge in [-0.25, -0.2) is 4.39 Å². The second kappa shape index (κ2) is 4.41. The summed E-state index contributed by atoms with van der Waals surface area (Å²) in [4.78, 5) is 0. The molecule has 0 aliphatic rings. The molecular weight excluding hydrogens is 245 g/mol. The molecule has 0 radical (unpaired) electrons. The molecule has 0 bridgehead atoms. The van der Waals surface area contributed by atoms with Crippen molar-refractivity contribution in [1.82, 2.24) is 0 Å². The monoisotopic (exact) mass is 259 g/mol. The summed E-state index contributed by atoms with van der Waals surface area (Å²) in [6.45, 7) is 4.74. The molecule has 0 amide bonds. The molecule has 0 spiro atoms. The van der Waals surface area contributed by atoms with Crippen molar-refractivity contribution in [2.75, 3.05) is 6.54 Å². The van der Waals surface area contributed by atoms with E-state index in [1.54, 1.807) is 6.07 Å². The van der Waals surface area contributed by atoms with Crippen molar-refractivity contribution >= 4 is 15.9 Å². The highest BCUT2D eigenvalue weighted by molar-refractivity contribution is 9.10. The van der Waals surface area contributed by atoms with E-state index in [4.69, 9.17) is 5.73 Å². The van der Waals surface area contributed by atoms with Crippen LogP contribution in [-0.4, -0.2) is 6.54 Å². The molecule has 1 aromatic carbocycles. The summed E-state index contributed by atoms with van der Waals surface area (Å²) < 4.78 is 13.8. The lowest BCUT2D eigenvalue weighted by Gasteiger charge is -2.25. The fourth-order valence-corrected chi connectivity index (χ4v) is 2.32. The van der Waals surface area contributed by atoms with E-state index in [1.807, 2.05) is 6.07 Å². The summed E-state index contributed by atoms with van der Waals surface area (Å²) in [6, 6.07) is 5.11. The van der Waals surface area contributed by atoms with Crippen molar-refractivity contribution < 1.29 is 4.39 Å². The zero-order chi connectivity index (χ0) is 10.8. The van der Waals surface area contributed by atoms with E-state index >= 15 is 0 Å². The highest BCUT2D eigenvalue weighted by Crippen LogP contribution is 2.33. The van der Waals surface area contributed by atoms with Crippen molar-refractivity contribution in [2.24, 2.45) is 5.73 Å². The lowest BCUT2D eigenvalue weighted by molar-refractivity contribution is 0.479. The smallest absolute Gasteiger partial charge is 0.137 e. The number of nitrogens with two attached hydrogens (primary N) is 1. The first kappa shape index (κ1) is 11.7. The second-order valence-electron chi connectivity index (χ2n) is 4.02. The standard InChI is InChI=1S/C11H15BrFN/c1-11(2,6-7-14)8-4-3-5-9(13)10(8)12/h3-5H,6-7,14H2,1-2H3. The summed E-state index contributed by atoms with van der Waals surface area (Å²) in [6.07, 6.45) is 0.842. The van der Waals surface area contributed by atoms with Crippen LogP contribution in [-0.2, 0) is 5.41 Å². The van der Waals surface area contributed by atoms with Crippen LogP contribution in [0.4, 0.5) is 4.39 Å². The molecule has 1 rings (SSSR count). The Morgan fingerprint density at radius 3 is 2.64 bits per heavy atom. The maximum atomic E-state index is 13.3. The molecular formula is C11H15BrFN. The summed E-state index contributed by atoms with van der Waals surface area (Å²) in [5.74, 6) is -0.215. The van der Waals surface area contributed by atoms with Gasteiger partial charge in [0.25, 0.3) is 0 Å². The minimum Gasteiger partial charge on any atom is -0.330 e. The van der Waals surface area contributed by atoms with E-state index in [2.05, 4.69) is 29.8 Å². The molecule has 0 aliphatic carbocycles. The lowest BCUT2D eigenvalue weighted by atomic mass is 9.81. The number of hydrogen-bond donors (Lipinski definition) is 1. The predicted molar refractivity (Wildman–Crippen MR) is 60.8 cm³/mol. The molecule has 1 aromatic rings. The second-order valence-corrected chi connectivity index (χ2v) is 4.82. The third kappa shape index (κ3) is 2.34. The molecule has 0 aromatic heterocycles. The van der Waals surface area contributed by atoms with Gasteiger partial charge in [-0.2, -0.15) is 0 Å². The molecule has 3 heteroatoms. The first-order chi connectivity index (χ1) is 6.49. The highest BCUT2D eigenvalue weighted by atomic mass is 79.9. The van der Waals surface area contributed by atoms with E-state index in [0.29, 0.717) is 11.0 Å². The average molecular weight is 260 g/mol. The largest absolute Gasteiger partial charge is 0.330 e. The van der Waals surface area contributed by atoms with Crippen LogP contribution in [0.3, 0.4) is 0 Å². The SMILES string of the molecule is CC(C)(CCN)c1cccc(F)c1Br. The van der Waals surface area contributed by atoms with Gasteiger partial charge in [0.05, 0.1) is 4.47 Å². The van der Waals surface area contributed by atoms with Gasteiger partial charge >= 0.3 is 0 Å². The Morgan fingerprint density at radius 1 is 1.43 bits per heavy atom. The van der Waals surface area contributed by atoms with E-state index in [9.17, 15) is 4.39 Å².